The summed E-state index contributed by atoms with van der Waals surface area (Å²) in [5.74, 6) is 0.786. The van der Waals surface area contributed by atoms with Crippen molar-refractivity contribution in [3.05, 3.63) is 89.5 Å². The third kappa shape index (κ3) is 3.16. The van der Waals surface area contributed by atoms with E-state index in [-0.39, 0.29) is 12.1 Å². The molecule has 1 aliphatic heterocycles. The standard InChI is InChI=1S/C23H20N6O/c1-14-9-11-15(12-10-14)21(30)25-17-6-4-5-16(13-17)20-27-22(24)28-23-26-18-7-2-3-8-19(18)29(20)23/h2-13,20H,1H3,(H,25,30)(H3,24,26,27,28)/t20-/m1/s1. The Labute approximate surface area is 173 Å². The molecule has 1 amide bonds. The monoisotopic (exact) mass is 396 g/mol. The number of imidazole rings is 1. The summed E-state index contributed by atoms with van der Waals surface area (Å²) in [4.78, 5) is 21.8. The van der Waals surface area contributed by atoms with E-state index in [1.807, 2.05) is 84.3 Å². The first-order valence-electron chi connectivity index (χ1n) is 9.64. The van der Waals surface area contributed by atoms with Gasteiger partial charge in [-0.3, -0.25) is 14.7 Å². The molecular weight excluding hydrogens is 376 g/mol. The van der Waals surface area contributed by atoms with E-state index in [0.29, 0.717) is 23.2 Å². The smallest absolute Gasteiger partial charge is 0.255 e. The molecule has 5 rings (SSSR count). The second kappa shape index (κ2) is 7.04. The molecule has 0 unspecified atom stereocenters. The summed E-state index contributed by atoms with van der Waals surface area (Å²) in [6, 6.07) is 23.0. The van der Waals surface area contributed by atoms with Crippen LogP contribution < -0.4 is 16.4 Å². The van der Waals surface area contributed by atoms with Crippen molar-refractivity contribution >= 4 is 34.5 Å². The highest BCUT2D eigenvalue weighted by atomic mass is 16.1. The minimum absolute atomic E-state index is 0.158. The van der Waals surface area contributed by atoms with Crippen LogP contribution in [0.3, 0.4) is 0 Å². The van der Waals surface area contributed by atoms with E-state index in [1.54, 1.807) is 0 Å². The van der Waals surface area contributed by atoms with Crippen LogP contribution in [0.15, 0.2) is 77.8 Å². The Bertz CT molecular complexity index is 1290. The average molecular weight is 396 g/mol. The highest BCUT2D eigenvalue weighted by Gasteiger charge is 2.25. The Kier molecular flexibility index (Phi) is 4.21. The van der Waals surface area contributed by atoms with Gasteiger partial charge in [-0.15, -0.1) is 0 Å². The number of carbonyl (C=O) groups is 1. The molecule has 30 heavy (non-hydrogen) atoms. The third-order valence-corrected chi connectivity index (χ3v) is 5.10. The molecule has 1 aromatic heterocycles. The molecule has 1 aliphatic rings. The summed E-state index contributed by atoms with van der Waals surface area (Å²) >= 11 is 0. The summed E-state index contributed by atoms with van der Waals surface area (Å²) in [6.07, 6.45) is -0.384. The average Bonchev–Trinajstić information content (AvgIpc) is 3.12. The van der Waals surface area contributed by atoms with Crippen LogP contribution in [0.4, 0.5) is 11.6 Å². The van der Waals surface area contributed by atoms with Crippen molar-refractivity contribution in [3.8, 4) is 0 Å². The quantitative estimate of drug-likeness (QED) is 0.489. The van der Waals surface area contributed by atoms with Crippen molar-refractivity contribution in [2.75, 3.05) is 10.6 Å². The van der Waals surface area contributed by atoms with Gasteiger partial charge in [-0.1, -0.05) is 42.0 Å². The molecule has 0 fully saturated rings. The predicted molar refractivity (Wildman–Crippen MR) is 119 cm³/mol. The van der Waals surface area contributed by atoms with Gasteiger partial charge in [0.25, 0.3) is 5.91 Å². The molecule has 3 aromatic carbocycles. The van der Waals surface area contributed by atoms with Gasteiger partial charge in [-0.05, 0) is 48.9 Å². The number of fused-ring (bicyclic) bond motifs is 3. The first-order valence-corrected chi connectivity index (χ1v) is 9.64. The maximum Gasteiger partial charge on any atom is 0.255 e. The molecule has 0 saturated carbocycles. The van der Waals surface area contributed by atoms with Gasteiger partial charge in [0, 0.05) is 11.3 Å². The molecule has 148 valence electrons. The highest BCUT2D eigenvalue weighted by molar-refractivity contribution is 6.04. The number of hydrogen-bond donors (Lipinski definition) is 3. The van der Waals surface area contributed by atoms with Crippen LogP contribution in [0.5, 0.6) is 0 Å². The number of hydrogen-bond acceptors (Lipinski definition) is 5. The fourth-order valence-electron chi connectivity index (χ4n) is 3.63. The van der Waals surface area contributed by atoms with E-state index in [0.717, 1.165) is 22.2 Å². The maximum absolute atomic E-state index is 12.6. The Morgan fingerprint density at radius 3 is 2.70 bits per heavy atom. The SMILES string of the molecule is Cc1ccc(C(=O)Nc2cccc([C@@H]3N=C(N)Nc4nc5ccccc5n43)c2)cc1. The molecular formula is C23H20N6O. The molecule has 7 heteroatoms. The molecule has 0 radical (unpaired) electrons. The molecule has 4 N–H and O–H groups in total. The van der Waals surface area contributed by atoms with Crippen molar-refractivity contribution in [2.24, 2.45) is 10.7 Å². The van der Waals surface area contributed by atoms with E-state index in [9.17, 15) is 4.79 Å². The molecule has 1 atom stereocenters. The van der Waals surface area contributed by atoms with Crippen LogP contribution in [0.2, 0.25) is 0 Å². The predicted octanol–water partition coefficient (Wildman–Crippen LogP) is 3.88. The number of aryl methyl sites for hydroxylation is 1. The summed E-state index contributed by atoms with van der Waals surface area (Å²) in [5.41, 5.74) is 11.1. The second-order valence-electron chi connectivity index (χ2n) is 7.25. The van der Waals surface area contributed by atoms with Crippen molar-refractivity contribution in [1.29, 1.82) is 0 Å². The van der Waals surface area contributed by atoms with Crippen LogP contribution in [0, 0.1) is 6.92 Å². The van der Waals surface area contributed by atoms with Crippen LogP contribution in [0.25, 0.3) is 11.0 Å². The lowest BCUT2D eigenvalue weighted by atomic mass is 10.1. The van der Waals surface area contributed by atoms with Crippen molar-refractivity contribution in [1.82, 2.24) is 9.55 Å². The zero-order valence-corrected chi connectivity index (χ0v) is 16.3. The lowest BCUT2D eigenvalue weighted by Crippen LogP contribution is -2.31. The number of rotatable bonds is 3. The zero-order chi connectivity index (χ0) is 20.7. The largest absolute Gasteiger partial charge is 0.370 e. The van der Waals surface area contributed by atoms with Gasteiger partial charge in [-0.2, -0.15) is 0 Å². The molecule has 7 nitrogen and oxygen atoms in total. The number of anilines is 2. The first-order chi connectivity index (χ1) is 14.6. The number of nitrogens with one attached hydrogen (secondary N) is 2. The van der Waals surface area contributed by atoms with Crippen molar-refractivity contribution in [2.45, 2.75) is 13.1 Å². The fraction of sp³-hybridized carbons (Fsp3) is 0.0870. The van der Waals surface area contributed by atoms with E-state index in [1.165, 1.54) is 0 Å². The number of carbonyl (C=O) groups excluding carboxylic acids is 1. The van der Waals surface area contributed by atoms with E-state index < -0.39 is 0 Å². The molecule has 0 bridgehead atoms. The first kappa shape index (κ1) is 17.9. The highest BCUT2D eigenvalue weighted by Crippen LogP contribution is 2.33. The number of nitrogens with two attached hydrogens (primary N) is 1. The van der Waals surface area contributed by atoms with Gasteiger partial charge >= 0.3 is 0 Å². The van der Waals surface area contributed by atoms with Gasteiger partial charge < -0.3 is 11.1 Å². The summed E-state index contributed by atoms with van der Waals surface area (Å²) in [6.45, 7) is 1.99. The van der Waals surface area contributed by atoms with Crippen molar-refractivity contribution < 1.29 is 4.79 Å². The van der Waals surface area contributed by atoms with Gasteiger partial charge in [0.05, 0.1) is 11.0 Å². The zero-order valence-electron chi connectivity index (χ0n) is 16.3. The Hall–Kier alpha value is -4.13. The van der Waals surface area contributed by atoms with Crippen LogP contribution in [0.1, 0.15) is 27.7 Å². The van der Waals surface area contributed by atoms with E-state index >= 15 is 0 Å². The number of aromatic nitrogens is 2. The molecule has 4 aromatic rings. The Balaban J connectivity index is 1.50. The minimum Gasteiger partial charge on any atom is -0.370 e. The molecule has 0 spiro atoms. The summed E-state index contributed by atoms with van der Waals surface area (Å²) in [7, 11) is 0. The minimum atomic E-state index is -0.384. The number of amides is 1. The Morgan fingerprint density at radius 1 is 1.07 bits per heavy atom. The molecule has 0 aliphatic carbocycles. The lowest BCUT2D eigenvalue weighted by Gasteiger charge is -2.24. The number of nitrogens with zero attached hydrogens (tertiary/aromatic N) is 3. The van der Waals surface area contributed by atoms with Gasteiger partial charge in [0.15, 0.2) is 12.1 Å². The van der Waals surface area contributed by atoms with Crippen LogP contribution in [-0.2, 0) is 0 Å². The maximum atomic E-state index is 12.6. The summed E-state index contributed by atoms with van der Waals surface area (Å²) < 4.78 is 2.01. The van der Waals surface area contributed by atoms with Gasteiger partial charge in [0.1, 0.15) is 0 Å². The molecule has 2 heterocycles. The lowest BCUT2D eigenvalue weighted by molar-refractivity contribution is 0.102. The topological polar surface area (TPSA) is 97.3 Å². The van der Waals surface area contributed by atoms with Crippen LogP contribution in [-0.4, -0.2) is 21.4 Å². The number of para-hydroxylation sites is 2. The van der Waals surface area contributed by atoms with Gasteiger partial charge in [0.2, 0.25) is 5.95 Å². The number of benzene rings is 3. The second-order valence-corrected chi connectivity index (χ2v) is 7.25. The molecule has 0 saturated heterocycles. The van der Waals surface area contributed by atoms with Crippen molar-refractivity contribution in [3.63, 3.8) is 0 Å². The summed E-state index contributed by atoms with van der Waals surface area (Å²) in [5, 5.41) is 6.00. The van der Waals surface area contributed by atoms with Crippen LogP contribution >= 0.6 is 0 Å². The Morgan fingerprint density at radius 2 is 1.87 bits per heavy atom. The fourth-order valence-corrected chi connectivity index (χ4v) is 3.63. The normalized spacial score (nSPS) is 15.2. The third-order valence-electron chi connectivity index (χ3n) is 5.10. The van der Waals surface area contributed by atoms with Gasteiger partial charge in [-0.25, -0.2) is 9.98 Å². The van der Waals surface area contributed by atoms with E-state index in [4.69, 9.17) is 5.73 Å². The van der Waals surface area contributed by atoms with E-state index in [2.05, 4.69) is 20.6 Å². The number of aliphatic imine (C=N–C) groups is 1. The number of guanidine groups is 1.